The molecule has 0 aliphatic heterocycles. The Morgan fingerprint density at radius 3 is 2.65 bits per heavy atom. The van der Waals surface area contributed by atoms with Gasteiger partial charge in [0, 0.05) is 11.1 Å². The average molecular weight is 298 g/mol. The molecule has 0 unspecified atom stereocenters. The van der Waals surface area contributed by atoms with E-state index >= 15 is 0 Å². The summed E-state index contributed by atoms with van der Waals surface area (Å²) in [6.45, 7) is 7.20. The monoisotopic (exact) mass is 298 g/mol. The lowest BCUT2D eigenvalue weighted by Crippen LogP contribution is -2.36. The summed E-state index contributed by atoms with van der Waals surface area (Å²) in [7, 11) is 0. The van der Waals surface area contributed by atoms with Crippen LogP contribution in [0.4, 0.5) is 4.79 Å². The van der Waals surface area contributed by atoms with Gasteiger partial charge in [0.2, 0.25) is 0 Å². The predicted octanol–water partition coefficient (Wildman–Crippen LogP) is 2.75. The van der Waals surface area contributed by atoms with Crippen molar-refractivity contribution in [2.75, 3.05) is 12.4 Å². The van der Waals surface area contributed by atoms with Crippen LogP contribution in [-0.2, 0) is 4.74 Å². The van der Waals surface area contributed by atoms with Gasteiger partial charge in [-0.25, -0.2) is 4.79 Å². The van der Waals surface area contributed by atoms with E-state index in [9.17, 15) is 9.90 Å². The molecule has 1 atom stereocenters. The smallest absolute Gasteiger partial charge is 0.408 e. The van der Waals surface area contributed by atoms with Gasteiger partial charge in [-0.05, 0) is 38.7 Å². The number of rotatable bonds is 5. The van der Waals surface area contributed by atoms with Crippen molar-refractivity contribution in [3.8, 4) is 0 Å². The van der Waals surface area contributed by atoms with Crippen molar-refractivity contribution >= 4 is 17.9 Å². The molecule has 0 aromatic carbocycles. The molecular weight excluding hydrogens is 276 g/mol. The highest BCUT2D eigenvalue weighted by Gasteiger charge is 2.20. The molecule has 0 bridgehead atoms. The van der Waals surface area contributed by atoms with E-state index < -0.39 is 17.7 Å². The van der Waals surface area contributed by atoms with Gasteiger partial charge in [-0.15, -0.1) is 11.8 Å². The van der Waals surface area contributed by atoms with E-state index in [4.69, 9.17) is 4.74 Å². The second kappa shape index (κ2) is 7.50. The molecule has 0 saturated heterocycles. The van der Waals surface area contributed by atoms with Crippen LogP contribution >= 0.6 is 11.8 Å². The summed E-state index contributed by atoms with van der Waals surface area (Å²) >= 11 is 1.69. The Labute approximate surface area is 124 Å². The van der Waals surface area contributed by atoms with Gasteiger partial charge in [-0.2, -0.15) is 0 Å². The minimum atomic E-state index is -0.570. The zero-order valence-corrected chi connectivity index (χ0v) is 13.2. The number of aliphatic hydroxyl groups is 1. The van der Waals surface area contributed by atoms with Crippen LogP contribution in [0.3, 0.4) is 0 Å². The molecule has 0 saturated carbocycles. The van der Waals surface area contributed by atoms with Gasteiger partial charge in [-0.3, -0.25) is 4.98 Å². The molecule has 6 heteroatoms. The summed E-state index contributed by atoms with van der Waals surface area (Å²) < 4.78 is 5.16. The molecular formula is C14H22N2O3S. The van der Waals surface area contributed by atoms with Gasteiger partial charge in [0.1, 0.15) is 5.60 Å². The van der Waals surface area contributed by atoms with Crippen LogP contribution in [-0.4, -0.2) is 34.1 Å². The number of aliphatic hydroxyl groups excluding tert-OH is 1. The molecule has 5 nitrogen and oxygen atoms in total. The van der Waals surface area contributed by atoms with E-state index in [2.05, 4.69) is 17.2 Å². The Bertz CT molecular complexity index is 429. The fourth-order valence-corrected chi connectivity index (χ4v) is 2.14. The predicted molar refractivity (Wildman–Crippen MR) is 79.8 cm³/mol. The number of hydrogen-bond donors (Lipinski definition) is 2. The van der Waals surface area contributed by atoms with Crippen molar-refractivity contribution < 1.29 is 14.6 Å². The third-order valence-corrected chi connectivity index (χ3v) is 3.16. The van der Waals surface area contributed by atoms with E-state index in [0.717, 1.165) is 10.6 Å². The number of aromatic nitrogens is 1. The number of carbonyl (C=O) groups excluding carboxylic acids is 1. The van der Waals surface area contributed by atoms with Gasteiger partial charge < -0.3 is 15.2 Å². The maximum Gasteiger partial charge on any atom is 0.408 e. The summed E-state index contributed by atoms with van der Waals surface area (Å²) in [5.74, 6) is 0.973. The first-order chi connectivity index (χ1) is 9.35. The fraction of sp³-hybridized carbons (Fsp3) is 0.571. The molecule has 0 spiro atoms. The molecule has 1 heterocycles. The molecule has 0 fully saturated rings. The van der Waals surface area contributed by atoms with Gasteiger partial charge in [0.15, 0.2) is 0 Å². The van der Waals surface area contributed by atoms with Crippen LogP contribution in [0.2, 0.25) is 0 Å². The van der Waals surface area contributed by atoms with E-state index in [1.165, 1.54) is 0 Å². The second-order valence-corrected chi connectivity index (χ2v) is 6.57. The summed E-state index contributed by atoms with van der Waals surface area (Å²) in [6, 6.07) is 3.16. The molecule has 0 aliphatic rings. The number of thioether (sulfide) groups is 1. The summed E-state index contributed by atoms with van der Waals surface area (Å²) in [6.07, 6.45) is 1.17. The molecule has 2 N–H and O–H groups in total. The highest BCUT2D eigenvalue weighted by Crippen LogP contribution is 2.18. The van der Waals surface area contributed by atoms with E-state index in [1.807, 2.05) is 6.07 Å². The summed E-state index contributed by atoms with van der Waals surface area (Å²) in [5, 5.41) is 12.0. The maximum atomic E-state index is 11.7. The Balaban J connectivity index is 2.68. The first kappa shape index (κ1) is 16.8. The molecule has 1 amide bonds. The minimum absolute atomic E-state index is 0.230. The van der Waals surface area contributed by atoms with Crippen molar-refractivity contribution in [3.05, 3.63) is 24.0 Å². The summed E-state index contributed by atoms with van der Waals surface area (Å²) in [5.41, 5.74) is 0.0397. The van der Waals surface area contributed by atoms with Gasteiger partial charge >= 0.3 is 6.09 Å². The number of pyridine rings is 1. The van der Waals surface area contributed by atoms with Crippen molar-refractivity contribution in [1.82, 2.24) is 10.3 Å². The normalized spacial score (nSPS) is 12.8. The number of nitrogens with one attached hydrogen (secondary N) is 1. The van der Waals surface area contributed by atoms with Gasteiger partial charge in [-0.1, -0.05) is 6.92 Å². The number of amides is 1. The first-order valence-corrected chi connectivity index (χ1v) is 7.53. The lowest BCUT2D eigenvalue weighted by molar-refractivity contribution is 0.0480. The van der Waals surface area contributed by atoms with Crippen LogP contribution in [0, 0.1) is 0 Å². The second-order valence-electron chi connectivity index (χ2n) is 5.23. The first-order valence-electron chi connectivity index (χ1n) is 6.55. The van der Waals surface area contributed by atoms with E-state index in [0.29, 0.717) is 5.69 Å². The molecule has 0 radical (unpaired) electrons. The van der Waals surface area contributed by atoms with Crippen LogP contribution in [0.1, 0.15) is 39.4 Å². The Kier molecular flexibility index (Phi) is 6.29. The quantitative estimate of drug-likeness (QED) is 0.818. The SMILES string of the molecule is CCSc1ccc([C@H](CO)NC(=O)OC(C)(C)C)nc1. The number of alkyl carbamates (subject to hydrolysis) is 1. The third kappa shape index (κ3) is 5.79. The van der Waals surface area contributed by atoms with Crippen molar-refractivity contribution in [2.45, 2.75) is 44.2 Å². The molecule has 1 aromatic heterocycles. The van der Waals surface area contributed by atoms with Crippen LogP contribution in [0.25, 0.3) is 0 Å². The maximum absolute atomic E-state index is 11.7. The number of ether oxygens (including phenoxy) is 1. The Morgan fingerprint density at radius 1 is 1.50 bits per heavy atom. The Morgan fingerprint density at radius 2 is 2.20 bits per heavy atom. The lowest BCUT2D eigenvalue weighted by atomic mass is 10.2. The number of nitrogens with zero attached hydrogens (tertiary/aromatic N) is 1. The number of carbonyl (C=O) groups is 1. The number of hydrogen-bond acceptors (Lipinski definition) is 5. The highest BCUT2D eigenvalue weighted by molar-refractivity contribution is 7.99. The zero-order valence-electron chi connectivity index (χ0n) is 12.3. The van der Waals surface area contributed by atoms with Crippen LogP contribution < -0.4 is 5.32 Å². The standard InChI is InChI=1S/C14H22N2O3S/c1-5-20-10-6-7-11(15-8-10)12(9-17)16-13(18)19-14(2,3)4/h6-8,12,17H,5,9H2,1-4H3,(H,16,18)/t12-/m0/s1. The third-order valence-electron chi connectivity index (χ3n) is 2.30. The molecule has 0 aliphatic carbocycles. The summed E-state index contributed by atoms with van der Waals surface area (Å²) in [4.78, 5) is 17.0. The Hall–Kier alpha value is -1.27. The van der Waals surface area contributed by atoms with E-state index in [1.54, 1.807) is 44.8 Å². The van der Waals surface area contributed by atoms with Gasteiger partial charge in [0.25, 0.3) is 0 Å². The molecule has 1 aromatic rings. The molecule has 20 heavy (non-hydrogen) atoms. The van der Waals surface area contributed by atoms with E-state index in [-0.39, 0.29) is 6.61 Å². The largest absolute Gasteiger partial charge is 0.444 e. The molecule has 1 rings (SSSR count). The fourth-order valence-electron chi connectivity index (χ4n) is 1.51. The highest BCUT2D eigenvalue weighted by atomic mass is 32.2. The minimum Gasteiger partial charge on any atom is -0.444 e. The van der Waals surface area contributed by atoms with Crippen LogP contribution in [0.15, 0.2) is 23.2 Å². The van der Waals surface area contributed by atoms with Gasteiger partial charge in [0.05, 0.1) is 18.3 Å². The topological polar surface area (TPSA) is 71.5 Å². The van der Waals surface area contributed by atoms with Crippen molar-refractivity contribution in [3.63, 3.8) is 0 Å². The van der Waals surface area contributed by atoms with Crippen LogP contribution in [0.5, 0.6) is 0 Å². The van der Waals surface area contributed by atoms with Crippen molar-refractivity contribution in [1.29, 1.82) is 0 Å². The molecule has 112 valence electrons. The van der Waals surface area contributed by atoms with Crippen molar-refractivity contribution in [2.24, 2.45) is 0 Å². The average Bonchev–Trinajstić information content (AvgIpc) is 2.35. The lowest BCUT2D eigenvalue weighted by Gasteiger charge is -2.22. The zero-order chi connectivity index (χ0) is 15.2.